The maximum Gasteiger partial charge on any atom is 0.0381 e. The molecule has 0 aliphatic heterocycles. The van der Waals surface area contributed by atoms with Crippen molar-refractivity contribution in [3.05, 3.63) is 34.7 Å². The summed E-state index contributed by atoms with van der Waals surface area (Å²) in [5.74, 6) is 0.520. The van der Waals surface area contributed by atoms with Gasteiger partial charge in [0.25, 0.3) is 0 Å². The van der Waals surface area contributed by atoms with Crippen molar-refractivity contribution in [2.24, 2.45) is 5.92 Å². The minimum Gasteiger partial charge on any atom is -0.144 e. The summed E-state index contributed by atoms with van der Waals surface area (Å²) in [7, 11) is 0. The Hall–Kier alpha value is -0.780. The van der Waals surface area contributed by atoms with Gasteiger partial charge in [0.2, 0.25) is 0 Å². The van der Waals surface area contributed by atoms with Gasteiger partial charge < -0.3 is 0 Å². The van der Waals surface area contributed by atoms with Gasteiger partial charge in [0.1, 0.15) is 0 Å². The van der Waals surface area contributed by atoms with Gasteiger partial charge in [-0.25, -0.2) is 0 Å². The standard InChI is InChI=1S/C10H12S/c1-4-9(8(2)3)10-6-5-7-11-10/h5-8H,1H2,2-3H3. The van der Waals surface area contributed by atoms with Crippen LogP contribution in [0.4, 0.5) is 0 Å². The number of thiophene rings is 1. The first-order chi connectivity index (χ1) is 5.25. The van der Waals surface area contributed by atoms with Gasteiger partial charge in [-0.2, -0.15) is 0 Å². The van der Waals surface area contributed by atoms with Gasteiger partial charge >= 0.3 is 0 Å². The quantitative estimate of drug-likeness (QED) is 0.586. The molecule has 0 atom stereocenters. The summed E-state index contributed by atoms with van der Waals surface area (Å²) in [5, 5.41) is 2.08. The Morgan fingerprint density at radius 3 is 2.73 bits per heavy atom. The summed E-state index contributed by atoms with van der Waals surface area (Å²) < 4.78 is 0. The van der Waals surface area contributed by atoms with E-state index in [9.17, 15) is 0 Å². The summed E-state index contributed by atoms with van der Waals surface area (Å²) in [4.78, 5) is 1.29. The molecule has 0 N–H and O–H groups in total. The van der Waals surface area contributed by atoms with Crippen LogP contribution in [0.1, 0.15) is 18.7 Å². The zero-order chi connectivity index (χ0) is 8.27. The summed E-state index contributed by atoms with van der Waals surface area (Å²) in [6.07, 6.45) is 0. The van der Waals surface area contributed by atoms with E-state index in [2.05, 4.69) is 43.7 Å². The van der Waals surface area contributed by atoms with Gasteiger partial charge in [-0.1, -0.05) is 26.5 Å². The van der Waals surface area contributed by atoms with Crippen molar-refractivity contribution >= 4 is 16.9 Å². The van der Waals surface area contributed by atoms with E-state index in [1.165, 1.54) is 10.5 Å². The van der Waals surface area contributed by atoms with E-state index in [0.717, 1.165) is 0 Å². The smallest absolute Gasteiger partial charge is 0.0381 e. The third kappa shape index (κ3) is 1.83. The topological polar surface area (TPSA) is 0 Å². The molecule has 1 heteroatoms. The fourth-order valence-electron chi connectivity index (χ4n) is 1.01. The monoisotopic (exact) mass is 164 g/mol. The summed E-state index contributed by atoms with van der Waals surface area (Å²) in [6.45, 7) is 8.00. The van der Waals surface area contributed by atoms with Crippen LogP contribution in [0.5, 0.6) is 0 Å². The second-order valence-corrected chi connectivity index (χ2v) is 3.67. The van der Waals surface area contributed by atoms with Crippen LogP contribution in [0.25, 0.3) is 5.57 Å². The van der Waals surface area contributed by atoms with Crippen molar-refractivity contribution in [2.45, 2.75) is 13.8 Å². The molecule has 1 aromatic heterocycles. The molecule has 0 unspecified atom stereocenters. The number of hydrogen-bond acceptors (Lipinski definition) is 1. The molecule has 1 heterocycles. The second-order valence-electron chi connectivity index (χ2n) is 2.72. The Balaban J connectivity index is 2.99. The van der Waals surface area contributed by atoms with Gasteiger partial charge in [0.05, 0.1) is 0 Å². The zero-order valence-corrected chi connectivity index (χ0v) is 7.74. The van der Waals surface area contributed by atoms with Crippen LogP contribution >= 0.6 is 11.3 Å². The van der Waals surface area contributed by atoms with E-state index in [0.29, 0.717) is 5.92 Å². The van der Waals surface area contributed by atoms with E-state index in [1.54, 1.807) is 11.3 Å². The maximum atomic E-state index is 3.68. The molecular weight excluding hydrogens is 152 g/mol. The molecule has 0 nitrogen and oxygen atoms in total. The Labute approximate surface area is 71.9 Å². The molecule has 0 aliphatic carbocycles. The molecule has 0 amide bonds. The average molecular weight is 164 g/mol. The molecule has 0 bridgehead atoms. The lowest BCUT2D eigenvalue weighted by Crippen LogP contribution is -1.88. The molecule has 0 saturated heterocycles. The molecule has 0 aliphatic rings. The highest BCUT2D eigenvalue weighted by Crippen LogP contribution is 2.25. The molecule has 0 spiro atoms. The lowest BCUT2D eigenvalue weighted by atomic mass is 10.0. The van der Waals surface area contributed by atoms with Crippen molar-refractivity contribution in [3.63, 3.8) is 0 Å². The maximum absolute atomic E-state index is 3.68. The average Bonchev–Trinajstić information content (AvgIpc) is 2.40. The highest BCUT2D eigenvalue weighted by Gasteiger charge is 2.04. The Kier molecular flexibility index (Phi) is 2.70. The first kappa shape index (κ1) is 8.32. The van der Waals surface area contributed by atoms with E-state index in [-0.39, 0.29) is 0 Å². The van der Waals surface area contributed by atoms with Crippen molar-refractivity contribution in [2.75, 3.05) is 0 Å². The lowest BCUT2D eigenvalue weighted by molar-refractivity contribution is 0.860. The molecule has 0 aromatic carbocycles. The van der Waals surface area contributed by atoms with Crippen LogP contribution in [0.3, 0.4) is 0 Å². The van der Waals surface area contributed by atoms with E-state index in [4.69, 9.17) is 0 Å². The molecule has 58 valence electrons. The molecular formula is C10H12S. The van der Waals surface area contributed by atoms with Crippen molar-refractivity contribution in [3.8, 4) is 0 Å². The van der Waals surface area contributed by atoms with E-state index in [1.807, 2.05) is 0 Å². The number of allylic oxidation sites excluding steroid dienone is 1. The minimum atomic E-state index is 0.520. The van der Waals surface area contributed by atoms with Crippen LogP contribution < -0.4 is 0 Å². The van der Waals surface area contributed by atoms with Crippen LogP contribution in [0, 0.1) is 5.92 Å². The molecule has 1 aromatic rings. The van der Waals surface area contributed by atoms with Crippen LogP contribution in [-0.2, 0) is 0 Å². The third-order valence-corrected chi connectivity index (χ3v) is 2.46. The SMILES string of the molecule is C=C=C(c1cccs1)C(C)C. The van der Waals surface area contributed by atoms with Crippen molar-refractivity contribution < 1.29 is 0 Å². The van der Waals surface area contributed by atoms with Crippen molar-refractivity contribution in [1.29, 1.82) is 0 Å². The minimum absolute atomic E-state index is 0.520. The molecule has 11 heavy (non-hydrogen) atoms. The Bertz CT molecular complexity index is 261. The molecule has 1 rings (SSSR count). The van der Waals surface area contributed by atoms with Gasteiger partial charge in [0.15, 0.2) is 0 Å². The van der Waals surface area contributed by atoms with Crippen LogP contribution in [-0.4, -0.2) is 0 Å². The Morgan fingerprint density at radius 2 is 2.36 bits per heavy atom. The van der Waals surface area contributed by atoms with Gasteiger partial charge in [-0.05, 0) is 17.4 Å². The van der Waals surface area contributed by atoms with Crippen molar-refractivity contribution in [1.82, 2.24) is 0 Å². The Morgan fingerprint density at radius 1 is 1.64 bits per heavy atom. The van der Waals surface area contributed by atoms with Gasteiger partial charge in [-0.3, -0.25) is 0 Å². The third-order valence-electron chi connectivity index (χ3n) is 1.55. The predicted molar refractivity (Wildman–Crippen MR) is 51.7 cm³/mol. The van der Waals surface area contributed by atoms with Gasteiger partial charge in [0, 0.05) is 10.5 Å². The summed E-state index contributed by atoms with van der Waals surface area (Å²) >= 11 is 1.74. The highest BCUT2D eigenvalue weighted by molar-refractivity contribution is 7.11. The molecule has 0 radical (unpaired) electrons. The van der Waals surface area contributed by atoms with Crippen LogP contribution in [0.15, 0.2) is 29.8 Å². The summed E-state index contributed by atoms with van der Waals surface area (Å²) in [6, 6.07) is 4.16. The molecule has 0 fully saturated rings. The number of rotatable bonds is 2. The zero-order valence-electron chi connectivity index (χ0n) is 6.92. The normalized spacial score (nSPS) is 9.73. The molecule has 0 saturated carbocycles. The fraction of sp³-hybridized carbons (Fsp3) is 0.300. The highest BCUT2D eigenvalue weighted by atomic mass is 32.1. The fourth-order valence-corrected chi connectivity index (χ4v) is 1.90. The van der Waals surface area contributed by atoms with E-state index < -0.39 is 0 Å². The first-order valence-corrected chi connectivity index (χ1v) is 4.57. The number of hydrogen-bond donors (Lipinski definition) is 0. The predicted octanol–water partition coefficient (Wildman–Crippen LogP) is 3.57. The largest absolute Gasteiger partial charge is 0.144 e. The second kappa shape index (κ2) is 3.56. The lowest BCUT2D eigenvalue weighted by Gasteiger charge is -2.04. The van der Waals surface area contributed by atoms with Crippen LogP contribution in [0.2, 0.25) is 0 Å². The van der Waals surface area contributed by atoms with E-state index >= 15 is 0 Å². The summed E-state index contributed by atoms with van der Waals surface area (Å²) in [5.41, 5.74) is 4.20. The van der Waals surface area contributed by atoms with Gasteiger partial charge in [-0.15, -0.1) is 17.1 Å². The first-order valence-electron chi connectivity index (χ1n) is 3.69.